The quantitative estimate of drug-likeness (QED) is 0.657. The Bertz CT molecular complexity index is 371. The second-order valence-corrected chi connectivity index (χ2v) is 3.73. The highest BCUT2D eigenvalue weighted by atomic mass is 16.4. The van der Waals surface area contributed by atoms with Crippen LogP contribution < -0.4 is 5.32 Å². The van der Waals surface area contributed by atoms with Crippen molar-refractivity contribution in [3.8, 4) is 0 Å². The first-order valence-electron chi connectivity index (χ1n) is 5.58. The average molecular weight is 239 g/mol. The number of nitrogens with zero attached hydrogens (tertiary/aromatic N) is 2. The third-order valence-corrected chi connectivity index (χ3v) is 2.57. The molecule has 0 aliphatic heterocycles. The van der Waals surface area contributed by atoms with Gasteiger partial charge in [0.15, 0.2) is 11.5 Å². The van der Waals surface area contributed by atoms with E-state index in [2.05, 4.69) is 15.3 Å². The molecule has 1 heterocycles. The molecular weight excluding hydrogens is 222 g/mol. The van der Waals surface area contributed by atoms with Gasteiger partial charge in [0.05, 0.1) is 0 Å². The number of aromatic carboxylic acids is 1. The van der Waals surface area contributed by atoms with Crippen LogP contribution in [0.2, 0.25) is 0 Å². The number of aromatic nitrogens is 2. The van der Waals surface area contributed by atoms with Crippen LogP contribution in [-0.4, -0.2) is 39.3 Å². The molecule has 0 bridgehead atoms. The summed E-state index contributed by atoms with van der Waals surface area (Å²) in [5, 5.41) is 20.7. The molecule has 0 fully saturated rings. The van der Waals surface area contributed by atoms with E-state index in [0.717, 1.165) is 6.42 Å². The highest BCUT2D eigenvalue weighted by Crippen LogP contribution is 2.12. The summed E-state index contributed by atoms with van der Waals surface area (Å²) in [6.07, 6.45) is 4.39. The van der Waals surface area contributed by atoms with Crippen LogP contribution in [0.5, 0.6) is 0 Å². The molecule has 0 amide bonds. The number of carboxylic acid groups (broad SMARTS) is 1. The monoisotopic (exact) mass is 239 g/mol. The third kappa shape index (κ3) is 3.99. The maximum Gasteiger partial charge on any atom is 0.358 e. The van der Waals surface area contributed by atoms with Crippen molar-refractivity contribution in [2.24, 2.45) is 5.92 Å². The van der Waals surface area contributed by atoms with Crippen LogP contribution in [0.25, 0.3) is 0 Å². The van der Waals surface area contributed by atoms with Crippen molar-refractivity contribution in [1.29, 1.82) is 0 Å². The van der Waals surface area contributed by atoms with Crippen molar-refractivity contribution < 1.29 is 15.0 Å². The summed E-state index contributed by atoms with van der Waals surface area (Å²) in [6, 6.07) is 0. The fraction of sp³-hybridized carbons (Fsp3) is 0.545. The Hall–Kier alpha value is -1.69. The fourth-order valence-corrected chi connectivity index (χ4v) is 1.50. The second kappa shape index (κ2) is 6.80. The van der Waals surface area contributed by atoms with Gasteiger partial charge in [-0.2, -0.15) is 0 Å². The Labute approximate surface area is 99.7 Å². The lowest BCUT2D eigenvalue weighted by atomic mass is 10.0. The first kappa shape index (κ1) is 13.4. The van der Waals surface area contributed by atoms with Crippen molar-refractivity contribution in [2.75, 3.05) is 18.5 Å². The summed E-state index contributed by atoms with van der Waals surface area (Å²) in [6.45, 7) is 2.74. The summed E-state index contributed by atoms with van der Waals surface area (Å²) in [5.41, 5.74) is -0.0775. The Morgan fingerprint density at radius 3 is 2.76 bits per heavy atom. The van der Waals surface area contributed by atoms with Gasteiger partial charge >= 0.3 is 5.97 Å². The van der Waals surface area contributed by atoms with Crippen LogP contribution in [0.3, 0.4) is 0 Å². The number of aliphatic hydroxyl groups excluding tert-OH is 1. The van der Waals surface area contributed by atoms with Gasteiger partial charge in [0.2, 0.25) is 0 Å². The number of carbonyl (C=O) groups is 1. The molecule has 6 nitrogen and oxygen atoms in total. The standard InChI is InChI=1S/C11H17N3O3/c1-2-8(3-6-15)7-14-10-9(11(16)17)12-4-5-13-10/h4-5,8,15H,2-3,6-7H2,1H3,(H,13,14)(H,16,17). The first-order chi connectivity index (χ1) is 8.19. The highest BCUT2D eigenvalue weighted by Gasteiger charge is 2.13. The normalized spacial score (nSPS) is 12.1. The summed E-state index contributed by atoms with van der Waals surface area (Å²) >= 11 is 0. The Morgan fingerprint density at radius 1 is 1.47 bits per heavy atom. The third-order valence-electron chi connectivity index (χ3n) is 2.57. The van der Waals surface area contributed by atoms with Gasteiger partial charge in [-0.1, -0.05) is 13.3 Å². The van der Waals surface area contributed by atoms with Gasteiger partial charge in [0, 0.05) is 25.5 Å². The van der Waals surface area contributed by atoms with E-state index in [1.165, 1.54) is 12.4 Å². The van der Waals surface area contributed by atoms with Gasteiger partial charge < -0.3 is 15.5 Å². The molecule has 0 aromatic carbocycles. The van der Waals surface area contributed by atoms with Gasteiger partial charge in [0.25, 0.3) is 0 Å². The Kier molecular flexibility index (Phi) is 5.35. The number of hydrogen-bond donors (Lipinski definition) is 3. The van der Waals surface area contributed by atoms with Crippen LogP contribution in [0.15, 0.2) is 12.4 Å². The molecule has 0 saturated carbocycles. The summed E-state index contributed by atoms with van der Waals surface area (Å²) < 4.78 is 0. The lowest BCUT2D eigenvalue weighted by Crippen LogP contribution is -2.18. The molecule has 1 rings (SSSR count). The molecule has 0 radical (unpaired) electrons. The molecule has 94 valence electrons. The van der Waals surface area contributed by atoms with Crippen molar-refractivity contribution >= 4 is 11.8 Å². The minimum atomic E-state index is -1.10. The smallest absolute Gasteiger partial charge is 0.358 e. The van der Waals surface area contributed by atoms with E-state index in [1.807, 2.05) is 6.92 Å². The topological polar surface area (TPSA) is 95.3 Å². The maximum atomic E-state index is 10.9. The molecule has 0 aliphatic rings. The summed E-state index contributed by atoms with van der Waals surface area (Å²) in [4.78, 5) is 18.6. The number of carboxylic acids is 1. The molecule has 1 aromatic heterocycles. The number of rotatable bonds is 7. The summed E-state index contributed by atoms with van der Waals surface area (Å²) in [5.74, 6) is -0.532. The number of anilines is 1. The zero-order valence-corrected chi connectivity index (χ0v) is 9.76. The molecule has 1 atom stereocenters. The van der Waals surface area contributed by atoms with Crippen LogP contribution >= 0.6 is 0 Å². The van der Waals surface area contributed by atoms with Crippen molar-refractivity contribution in [3.05, 3.63) is 18.1 Å². The van der Waals surface area contributed by atoms with Gasteiger partial charge in [-0.3, -0.25) is 0 Å². The van der Waals surface area contributed by atoms with E-state index < -0.39 is 5.97 Å². The SMILES string of the molecule is CCC(CCO)CNc1nccnc1C(=O)O. The molecule has 1 aromatic rings. The molecule has 1 unspecified atom stereocenters. The first-order valence-corrected chi connectivity index (χ1v) is 5.58. The number of aliphatic hydroxyl groups is 1. The van der Waals surface area contributed by atoms with Crippen LogP contribution in [0.4, 0.5) is 5.82 Å². The van der Waals surface area contributed by atoms with E-state index in [4.69, 9.17) is 10.2 Å². The Morgan fingerprint density at radius 2 is 2.18 bits per heavy atom. The van der Waals surface area contributed by atoms with Crippen molar-refractivity contribution in [1.82, 2.24) is 9.97 Å². The van der Waals surface area contributed by atoms with E-state index in [0.29, 0.717) is 18.9 Å². The highest BCUT2D eigenvalue weighted by molar-refractivity contribution is 5.90. The molecular formula is C11H17N3O3. The minimum Gasteiger partial charge on any atom is -0.476 e. The van der Waals surface area contributed by atoms with Gasteiger partial charge in [0.1, 0.15) is 0 Å². The van der Waals surface area contributed by atoms with E-state index in [1.54, 1.807) is 0 Å². The molecule has 0 spiro atoms. The molecule has 17 heavy (non-hydrogen) atoms. The summed E-state index contributed by atoms with van der Waals surface area (Å²) in [7, 11) is 0. The zero-order chi connectivity index (χ0) is 12.7. The van der Waals surface area contributed by atoms with Crippen LogP contribution in [0.1, 0.15) is 30.3 Å². The molecule has 0 aliphatic carbocycles. The maximum absolute atomic E-state index is 10.9. The lowest BCUT2D eigenvalue weighted by Gasteiger charge is -2.15. The number of nitrogens with one attached hydrogen (secondary N) is 1. The van der Waals surface area contributed by atoms with E-state index in [-0.39, 0.29) is 18.1 Å². The largest absolute Gasteiger partial charge is 0.476 e. The minimum absolute atomic E-state index is 0.0775. The number of hydrogen-bond acceptors (Lipinski definition) is 5. The van der Waals surface area contributed by atoms with E-state index in [9.17, 15) is 4.79 Å². The van der Waals surface area contributed by atoms with Crippen LogP contribution in [-0.2, 0) is 0 Å². The van der Waals surface area contributed by atoms with Gasteiger partial charge in [-0.25, -0.2) is 14.8 Å². The van der Waals surface area contributed by atoms with Gasteiger partial charge in [-0.05, 0) is 12.3 Å². The lowest BCUT2D eigenvalue weighted by molar-refractivity contribution is 0.0691. The zero-order valence-electron chi connectivity index (χ0n) is 9.76. The molecule has 6 heteroatoms. The second-order valence-electron chi connectivity index (χ2n) is 3.73. The fourth-order valence-electron chi connectivity index (χ4n) is 1.50. The Balaban J connectivity index is 2.65. The average Bonchev–Trinajstić information content (AvgIpc) is 2.34. The van der Waals surface area contributed by atoms with Crippen molar-refractivity contribution in [2.45, 2.75) is 19.8 Å². The van der Waals surface area contributed by atoms with Gasteiger partial charge in [-0.15, -0.1) is 0 Å². The predicted octanol–water partition coefficient (Wildman–Crippen LogP) is 0.995. The van der Waals surface area contributed by atoms with Crippen molar-refractivity contribution in [3.63, 3.8) is 0 Å². The predicted molar refractivity (Wildman–Crippen MR) is 63.0 cm³/mol. The van der Waals surface area contributed by atoms with Crippen LogP contribution in [0, 0.1) is 5.92 Å². The molecule has 3 N–H and O–H groups in total. The van der Waals surface area contributed by atoms with E-state index >= 15 is 0 Å². The molecule has 0 saturated heterocycles.